The number of nitrogens with zero attached hydrogens (tertiary/aromatic N) is 1. The summed E-state index contributed by atoms with van der Waals surface area (Å²) in [4.78, 5) is 2.32. The van der Waals surface area contributed by atoms with Crippen molar-refractivity contribution in [3.05, 3.63) is 64.5 Å². The lowest BCUT2D eigenvalue weighted by Crippen LogP contribution is -2.30. The van der Waals surface area contributed by atoms with Crippen molar-refractivity contribution in [3.63, 3.8) is 0 Å². The van der Waals surface area contributed by atoms with E-state index in [0.717, 1.165) is 37.3 Å². The summed E-state index contributed by atoms with van der Waals surface area (Å²) in [5, 5.41) is 0. The van der Waals surface area contributed by atoms with Gasteiger partial charge < -0.3 is 5.73 Å². The van der Waals surface area contributed by atoms with Crippen LogP contribution in [0.3, 0.4) is 0 Å². The van der Waals surface area contributed by atoms with E-state index in [1.165, 1.54) is 11.1 Å². The van der Waals surface area contributed by atoms with Crippen LogP contribution in [-0.4, -0.2) is 11.4 Å². The monoisotopic (exact) mass is 270 g/mol. The molecule has 0 unspecified atom stereocenters. The zero-order chi connectivity index (χ0) is 14.1. The molecule has 20 heavy (non-hydrogen) atoms. The minimum absolute atomic E-state index is 0.126. The van der Waals surface area contributed by atoms with Crippen LogP contribution < -0.4 is 5.73 Å². The smallest absolute Gasteiger partial charge is 0.126 e. The van der Waals surface area contributed by atoms with Crippen LogP contribution in [0.4, 0.5) is 10.1 Å². The van der Waals surface area contributed by atoms with Crippen molar-refractivity contribution in [2.24, 2.45) is 0 Å². The molecule has 0 atom stereocenters. The minimum atomic E-state index is -0.126. The Kier molecular flexibility index (Phi) is 3.45. The van der Waals surface area contributed by atoms with Gasteiger partial charge in [0, 0.05) is 25.3 Å². The van der Waals surface area contributed by atoms with E-state index in [9.17, 15) is 4.39 Å². The Morgan fingerprint density at radius 1 is 1.25 bits per heavy atom. The number of hydrogen-bond acceptors (Lipinski definition) is 2. The van der Waals surface area contributed by atoms with Crippen LogP contribution in [0.25, 0.3) is 0 Å². The standard InChI is InChI=1S/C17H19FN2/c1-12-5-6-13(9-16(12)18)10-20-8-7-14-3-2-4-17(19)15(14)11-20/h2-6,9H,7-8,10-11,19H2,1H3. The molecule has 0 aromatic heterocycles. The zero-order valence-electron chi connectivity index (χ0n) is 11.7. The maximum atomic E-state index is 13.6. The van der Waals surface area contributed by atoms with Gasteiger partial charge in [-0.15, -0.1) is 0 Å². The predicted molar refractivity (Wildman–Crippen MR) is 79.8 cm³/mol. The van der Waals surface area contributed by atoms with Gasteiger partial charge in [-0.2, -0.15) is 0 Å². The second kappa shape index (κ2) is 5.25. The molecule has 0 radical (unpaired) electrons. The van der Waals surface area contributed by atoms with Gasteiger partial charge in [-0.05, 0) is 47.7 Å². The number of hydrogen-bond donors (Lipinski definition) is 1. The second-order valence-corrected chi connectivity index (χ2v) is 5.53. The van der Waals surface area contributed by atoms with Gasteiger partial charge in [-0.25, -0.2) is 4.39 Å². The van der Waals surface area contributed by atoms with E-state index < -0.39 is 0 Å². The van der Waals surface area contributed by atoms with E-state index in [4.69, 9.17) is 5.73 Å². The number of halogens is 1. The Bertz CT molecular complexity index is 637. The molecule has 1 aliphatic rings. The average Bonchev–Trinajstić information content (AvgIpc) is 2.44. The molecule has 0 bridgehead atoms. The van der Waals surface area contributed by atoms with Gasteiger partial charge >= 0.3 is 0 Å². The van der Waals surface area contributed by atoms with Crippen LogP contribution >= 0.6 is 0 Å². The number of rotatable bonds is 2. The lowest BCUT2D eigenvalue weighted by atomic mass is 9.97. The van der Waals surface area contributed by atoms with E-state index in [2.05, 4.69) is 11.0 Å². The number of anilines is 1. The minimum Gasteiger partial charge on any atom is -0.398 e. The van der Waals surface area contributed by atoms with Crippen molar-refractivity contribution in [1.82, 2.24) is 4.90 Å². The fraction of sp³-hybridized carbons (Fsp3) is 0.294. The molecule has 2 N–H and O–H groups in total. The molecule has 0 saturated heterocycles. The molecule has 0 spiro atoms. The van der Waals surface area contributed by atoms with Crippen LogP contribution in [-0.2, 0) is 19.5 Å². The third-order valence-corrected chi connectivity index (χ3v) is 4.03. The summed E-state index contributed by atoms with van der Waals surface area (Å²) in [6, 6.07) is 11.6. The van der Waals surface area contributed by atoms with Gasteiger partial charge in [0.25, 0.3) is 0 Å². The van der Waals surface area contributed by atoms with Crippen molar-refractivity contribution in [1.29, 1.82) is 0 Å². The van der Waals surface area contributed by atoms with Crippen molar-refractivity contribution >= 4 is 5.69 Å². The first kappa shape index (κ1) is 13.1. The molecule has 0 fully saturated rings. The number of aryl methyl sites for hydroxylation is 1. The number of nitrogen functional groups attached to an aromatic ring is 1. The molecular formula is C17H19FN2. The first-order chi connectivity index (χ1) is 9.63. The molecule has 0 amide bonds. The lowest BCUT2D eigenvalue weighted by Gasteiger charge is -2.29. The maximum absolute atomic E-state index is 13.6. The molecule has 3 rings (SSSR count). The van der Waals surface area contributed by atoms with Crippen LogP contribution in [0.2, 0.25) is 0 Å². The van der Waals surface area contributed by atoms with E-state index in [1.807, 2.05) is 24.3 Å². The molecule has 3 heteroatoms. The quantitative estimate of drug-likeness (QED) is 0.849. The fourth-order valence-corrected chi connectivity index (χ4v) is 2.79. The van der Waals surface area contributed by atoms with Gasteiger partial charge in [0.1, 0.15) is 5.82 Å². The lowest BCUT2D eigenvalue weighted by molar-refractivity contribution is 0.246. The van der Waals surface area contributed by atoms with Gasteiger partial charge in [-0.3, -0.25) is 4.90 Å². The number of benzene rings is 2. The Morgan fingerprint density at radius 3 is 2.90 bits per heavy atom. The molecular weight excluding hydrogens is 251 g/mol. The predicted octanol–water partition coefficient (Wildman–Crippen LogP) is 3.27. The second-order valence-electron chi connectivity index (χ2n) is 5.53. The van der Waals surface area contributed by atoms with Gasteiger partial charge in [0.05, 0.1) is 0 Å². The molecule has 2 nitrogen and oxygen atoms in total. The summed E-state index contributed by atoms with van der Waals surface area (Å²) < 4.78 is 13.6. The van der Waals surface area contributed by atoms with Gasteiger partial charge in [0.2, 0.25) is 0 Å². The summed E-state index contributed by atoms with van der Waals surface area (Å²) in [5.74, 6) is -0.126. The maximum Gasteiger partial charge on any atom is 0.126 e. The van der Waals surface area contributed by atoms with E-state index in [-0.39, 0.29) is 5.82 Å². The van der Waals surface area contributed by atoms with Gasteiger partial charge in [-0.1, -0.05) is 24.3 Å². The summed E-state index contributed by atoms with van der Waals surface area (Å²) in [6.45, 7) is 4.39. The van der Waals surface area contributed by atoms with E-state index in [0.29, 0.717) is 5.56 Å². The SMILES string of the molecule is Cc1ccc(CN2CCc3cccc(N)c3C2)cc1F. The fourth-order valence-electron chi connectivity index (χ4n) is 2.79. The van der Waals surface area contributed by atoms with Crippen LogP contribution in [0.1, 0.15) is 22.3 Å². The normalized spacial score (nSPS) is 15.1. The van der Waals surface area contributed by atoms with Crippen LogP contribution in [0.5, 0.6) is 0 Å². The zero-order valence-corrected chi connectivity index (χ0v) is 11.7. The van der Waals surface area contributed by atoms with E-state index >= 15 is 0 Å². The molecule has 2 aromatic rings. The highest BCUT2D eigenvalue weighted by molar-refractivity contribution is 5.51. The van der Waals surface area contributed by atoms with Gasteiger partial charge in [0.15, 0.2) is 0 Å². The molecule has 2 aromatic carbocycles. The highest BCUT2D eigenvalue weighted by Crippen LogP contribution is 2.25. The highest BCUT2D eigenvalue weighted by atomic mass is 19.1. The summed E-state index contributed by atoms with van der Waals surface area (Å²) in [6.07, 6.45) is 1.01. The topological polar surface area (TPSA) is 29.3 Å². The Labute approximate surface area is 119 Å². The average molecular weight is 270 g/mol. The molecule has 1 aliphatic heterocycles. The van der Waals surface area contributed by atoms with Crippen molar-refractivity contribution in [2.75, 3.05) is 12.3 Å². The van der Waals surface area contributed by atoms with Crippen LogP contribution in [0, 0.1) is 12.7 Å². The number of nitrogens with two attached hydrogens (primary N) is 1. The Morgan fingerprint density at radius 2 is 2.10 bits per heavy atom. The Balaban J connectivity index is 1.77. The van der Waals surface area contributed by atoms with E-state index in [1.54, 1.807) is 13.0 Å². The molecule has 0 aliphatic carbocycles. The molecule has 1 heterocycles. The summed E-state index contributed by atoms with van der Waals surface area (Å²) in [5.41, 5.74) is 11.2. The highest BCUT2D eigenvalue weighted by Gasteiger charge is 2.18. The summed E-state index contributed by atoms with van der Waals surface area (Å²) in [7, 11) is 0. The first-order valence-electron chi connectivity index (χ1n) is 6.97. The Hall–Kier alpha value is -1.87. The van der Waals surface area contributed by atoms with Crippen molar-refractivity contribution in [2.45, 2.75) is 26.4 Å². The van der Waals surface area contributed by atoms with Crippen molar-refractivity contribution in [3.8, 4) is 0 Å². The largest absolute Gasteiger partial charge is 0.398 e. The third-order valence-electron chi connectivity index (χ3n) is 4.03. The molecule has 104 valence electrons. The molecule has 0 saturated carbocycles. The number of fused-ring (bicyclic) bond motifs is 1. The van der Waals surface area contributed by atoms with Crippen LogP contribution in [0.15, 0.2) is 36.4 Å². The first-order valence-corrected chi connectivity index (χ1v) is 6.97. The summed E-state index contributed by atoms with van der Waals surface area (Å²) >= 11 is 0. The third kappa shape index (κ3) is 2.54. The van der Waals surface area contributed by atoms with Crippen molar-refractivity contribution < 1.29 is 4.39 Å².